The predicted molar refractivity (Wildman–Crippen MR) is 377 cm³/mol. The van der Waals surface area contributed by atoms with E-state index in [0.717, 1.165) is 53.9 Å². The largest absolute Gasteiger partial charge is 0.354 e. The van der Waals surface area contributed by atoms with E-state index >= 15 is 0 Å². The average molecular weight is 1200 g/mol. The van der Waals surface area contributed by atoms with Crippen LogP contribution >= 0.6 is 56.9 Å². The van der Waals surface area contributed by atoms with Gasteiger partial charge in [-0.1, -0.05) is 206 Å². The minimum atomic E-state index is 0.286. The van der Waals surface area contributed by atoms with Gasteiger partial charge in [-0.25, -0.2) is 19.9 Å². The number of hydrogen-bond acceptors (Lipinski definition) is 8. The first-order chi connectivity index (χ1) is 43.1. The number of benzene rings is 12. The highest BCUT2D eigenvalue weighted by Crippen LogP contribution is 2.47. The van der Waals surface area contributed by atoms with Crippen LogP contribution in [0.15, 0.2) is 255 Å². The van der Waals surface area contributed by atoms with Crippen molar-refractivity contribution in [3.63, 3.8) is 0 Å². The SMILES string of the molecule is Clc1nc(-c2cccc3ccccc23)c2sc3ccccc3c2n1.c1ccc2c(-c3nc(-n4c5ccccc5c5ccc6sc7ccccc7c6c54)nc4c3sc3ccccc34)cccc2c1.c1ccc2c(c1)[nH]c1c2ccc2sc3ccccc3c21. The molecule has 0 unspecified atom stereocenters. The number of H-pyrrole nitrogens is 1. The molecule has 1 N–H and O–H groups in total. The van der Waals surface area contributed by atoms with Crippen LogP contribution in [0.3, 0.4) is 0 Å². The maximum Gasteiger partial charge on any atom is 0.235 e. The number of aromatic amines is 1. The number of nitrogens with one attached hydrogen (secondary N) is 1. The molecule has 11 heteroatoms. The second-order valence-electron chi connectivity index (χ2n) is 21.7. The first-order valence-corrected chi connectivity index (χ1v) is 32.4. The van der Waals surface area contributed by atoms with Crippen LogP contribution in [0.1, 0.15) is 0 Å². The molecular weight excluding hydrogens is 1160 g/mol. The van der Waals surface area contributed by atoms with Crippen molar-refractivity contribution in [2.24, 2.45) is 0 Å². The second-order valence-corrected chi connectivity index (χ2v) is 26.3. The van der Waals surface area contributed by atoms with E-state index in [-0.39, 0.29) is 5.28 Å². The lowest BCUT2D eigenvalue weighted by Crippen LogP contribution is -2.03. The van der Waals surface area contributed by atoms with E-state index in [0.29, 0.717) is 5.95 Å². The van der Waals surface area contributed by atoms with Gasteiger partial charge in [-0.15, -0.1) is 45.3 Å². The molecule has 8 aromatic heterocycles. The quantitative estimate of drug-likeness (QED) is 0.179. The van der Waals surface area contributed by atoms with E-state index in [4.69, 9.17) is 21.6 Å². The molecule has 0 fully saturated rings. The molecule has 0 amide bonds. The summed E-state index contributed by atoms with van der Waals surface area (Å²) in [6, 6.07) is 90.2. The first kappa shape index (κ1) is 50.4. The molecule has 0 spiro atoms. The van der Waals surface area contributed by atoms with Crippen LogP contribution in [0.4, 0.5) is 0 Å². The highest BCUT2D eigenvalue weighted by molar-refractivity contribution is 7.27. The Morgan fingerprint density at radius 2 is 0.782 bits per heavy atom. The molecule has 408 valence electrons. The number of aromatic nitrogens is 6. The Balaban J connectivity index is 0.000000109. The third-order valence-corrected chi connectivity index (χ3v) is 21.7. The Hall–Kier alpha value is -9.91. The van der Waals surface area contributed by atoms with Crippen molar-refractivity contribution < 1.29 is 0 Å². The number of fused-ring (bicyclic) bond motifs is 22. The number of nitrogens with zero attached hydrogens (tertiary/aromatic N) is 5. The number of thiophene rings is 4. The monoisotopic (exact) mass is 1200 g/mol. The Morgan fingerprint density at radius 3 is 1.41 bits per heavy atom. The molecule has 0 aliphatic carbocycles. The van der Waals surface area contributed by atoms with Gasteiger partial charge in [0.15, 0.2) is 0 Å². The standard InChI is InChI=1S/C38H21N3S2.C20H11ClN2S.C18H11NS/c1-2-12-23-22(10-1)11-9-16-25(23)34-37-35(28-15-5-8-19-31(28)43-37)40-38(39-34)41-29-17-6-3-13-24(29)26-20-21-32-33(36(26)41)27-14-4-7-18-30(27)42-32;21-20-22-17(14-10-5-7-12-6-1-2-8-13(12)14)19-18(23-20)15-9-3-4-11-16(15)24-19;1-3-7-14-11(5-1)12-9-10-16-17(18(12)19-14)13-6-2-4-8-15(13)20-16/h1-21H;1-11H;1-10,19H. The minimum Gasteiger partial charge on any atom is -0.354 e. The molecule has 0 saturated carbocycles. The van der Waals surface area contributed by atoms with Gasteiger partial charge in [-0.05, 0) is 81.7 Å². The molecule has 87 heavy (non-hydrogen) atoms. The van der Waals surface area contributed by atoms with Crippen LogP contribution in [0, 0.1) is 0 Å². The van der Waals surface area contributed by atoms with Crippen molar-refractivity contribution in [2.75, 3.05) is 0 Å². The average Bonchev–Trinajstić information content (AvgIpc) is 1.78. The van der Waals surface area contributed by atoms with Crippen LogP contribution in [0.5, 0.6) is 0 Å². The van der Waals surface area contributed by atoms with Gasteiger partial charge in [0.2, 0.25) is 11.2 Å². The van der Waals surface area contributed by atoms with Crippen molar-refractivity contribution in [3.8, 4) is 28.5 Å². The number of rotatable bonds is 3. The van der Waals surface area contributed by atoms with E-state index in [2.05, 4.69) is 256 Å². The van der Waals surface area contributed by atoms with Gasteiger partial charge >= 0.3 is 0 Å². The van der Waals surface area contributed by atoms with Crippen molar-refractivity contribution in [2.45, 2.75) is 0 Å². The zero-order chi connectivity index (χ0) is 57.3. The van der Waals surface area contributed by atoms with Crippen molar-refractivity contribution >= 4 is 203 Å². The van der Waals surface area contributed by atoms with E-state index in [9.17, 15) is 0 Å². The Morgan fingerprint density at radius 1 is 0.322 bits per heavy atom. The highest BCUT2D eigenvalue weighted by atomic mass is 35.5. The van der Waals surface area contributed by atoms with Gasteiger partial charge in [0.05, 0.1) is 48.4 Å². The highest BCUT2D eigenvalue weighted by Gasteiger charge is 2.24. The summed E-state index contributed by atoms with van der Waals surface area (Å²) in [4.78, 5) is 23.6. The van der Waals surface area contributed by atoms with Gasteiger partial charge in [-0.3, -0.25) is 4.57 Å². The van der Waals surface area contributed by atoms with E-state index in [1.54, 1.807) is 22.7 Å². The summed E-state index contributed by atoms with van der Waals surface area (Å²) in [7, 11) is 0. The maximum absolute atomic E-state index is 6.26. The predicted octanol–water partition coefficient (Wildman–Crippen LogP) is 23.1. The van der Waals surface area contributed by atoms with Crippen molar-refractivity contribution in [1.82, 2.24) is 29.5 Å². The molecule has 0 radical (unpaired) electrons. The lowest BCUT2D eigenvalue weighted by Gasteiger charge is -2.12. The van der Waals surface area contributed by atoms with Crippen LogP contribution in [0.25, 0.3) is 175 Å². The minimum absolute atomic E-state index is 0.286. The van der Waals surface area contributed by atoms with Gasteiger partial charge < -0.3 is 4.98 Å². The summed E-state index contributed by atoms with van der Waals surface area (Å²) >= 11 is 13.5. The van der Waals surface area contributed by atoms with Crippen molar-refractivity contribution in [3.05, 3.63) is 260 Å². The molecule has 0 aliphatic heterocycles. The summed E-state index contributed by atoms with van der Waals surface area (Å²) in [5.74, 6) is 0.702. The molecule has 6 nitrogen and oxygen atoms in total. The third-order valence-electron chi connectivity index (χ3n) is 16.9. The zero-order valence-corrected chi connectivity index (χ0v) is 50.0. The Labute approximate surface area is 517 Å². The smallest absolute Gasteiger partial charge is 0.235 e. The zero-order valence-electron chi connectivity index (χ0n) is 46.0. The van der Waals surface area contributed by atoms with Crippen molar-refractivity contribution in [1.29, 1.82) is 0 Å². The Kier molecular flexibility index (Phi) is 11.6. The summed E-state index contributed by atoms with van der Waals surface area (Å²) in [5, 5.41) is 17.6. The van der Waals surface area contributed by atoms with Gasteiger partial charge in [0, 0.05) is 98.7 Å². The van der Waals surface area contributed by atoms with Crippen LogP contribution < -0.4 is 0 Å². The van der Waals surface area contributed by atoms with Crippen LogP contribution in [-0.4, -0.2) is 29.5 Å². The lowest BCUT2D eigenvalue weighted by atomic mass is 10.0. The fourth-order valence-electron chi connectivity index (χ4n) is 13.1. The molecule has 0 saturated heterocycles. The van der Waals surface area contributed by atoms with Gasteiger partial charge in [0.25, 0.3) is 0 Å². The fourth-order valence-corrected chi connectivity index (χ4v) is 17.8. The lowest BCUT2D eigenvalue weighted by molar-refractivity contribution is 1.02. The molecule has 12 aromatic carbocycles. The number of hydrogen-bond donors (Lipinski definition) is 1. The molecular formula is C76H43ClN6S4. The van der Waals surface area contributed by atoms with E-state index < -0.39 is 0 Å². The maximum atomic E-state index is 6.26. The molecule has 0 bridgehead atoms. The van der Waals surface area contributed by atoms with Gasteiger partial charge in [0.1, 0.15) is 0 Å². The van der Waals surface area contributed by atoms with E-state index in [1.165, 1.54) is 115 Å². The Bertz CT molecular complexity index is 6190. The molecule has 20 rings (SSSR count). The normalized spacial score (nSPS) is 12.0. The molecule has 0 atom stereocenters. The molecule has 20 aromatic rings. The number of halogens is 1. The second kappa shape index (κ2) is 20.1. The topological polar surface area (TPSA) is 72.3 Å². The first-order valence-electron chi connectivity index (χ1n) is 28.7. The summed E-state index contributed by atoms with van der Waals surface area (Å²) < 4.78 is 12.2. The third kappa shape index (κ3) is 8.03. The number of para-hydroxylation sites is 2. The summed E-state index contributed by atoms with van der Waals surface area (Å²) in [6.07, 6.45) is 0. The summed E-state index contributed by atoms with van der Waals surface area (Å²) in [5.41, 5.74) is 10.8. The molecule has 8 heterocycles. The fraction of sp³-hybridized carbons (Fsp3) is 0. The van der Waals surface area contributed by atoms with Crippen LogP contribution in [-0.2, 0) is 0 Å². The van der Waals surface area contributed by atoms with E-state index in [1.807, 2.05) is 40.9 Å². The van der Waals surface area contributed by atoms with Gasteiger partial charge in [-0.2, -0.15) is 0 Å². The van der Waals surface area contributed by atoms with Crippen LogP contribution in [0.2, 0.25) is 5.28 Å². The summed E-state index contributed by atoms with van der Waals surface area (Å²) in [6.45, 7) is 0. The molecule has 0 aliphatic rings.